The van der Waals surface area contributed by atoms with Crippen molar-refractivity contribution in [1.29, 1.82) is 0 Å². The highest BCUT2D eigenvalue weighted by Gasteiger charge is 2.39. The van der Waals surface area contributed by atoms with E-state index in [1.165, 1.54) is 11.3 Å². The maximum atomic E-state index is 12.3. The quantitative estimate of drug-likeness (QED) is 0.885. The van der Waals surface area contributed by atoms with Crippen LogP contribution in [0, 0.1) is 11.8 Å². The number of nitrogens with zero attached hydrogens (tertiary/aromatic N) is 1. The van der Waals surface area contributed by atoms with Gasteiger partial charge in [-0.1, -0.05) is 6.42 Å². The van der Waals surface area contributed by atoms with Crippen LogP contribution in [-0.2, 0) is 15.1 Å². The molecule has 0 spiro atoms. The van der Waals surface area contributed by atoms with Gasteiger partial charge >= 0.3 is 5.97 Å². The molecule has 1 aromatic heterocycles. The summed E-state index contributed by atoms with van der Waals surface area (Å²) in [5, 5.41) is 14.7. The summed E-state index contributed by atoms with van der Waals surface area (Å²) in [6.45, 7) is 3.77. The number of hydrogen-bond acceptors (Lipinski definition) is 4. The first-order valence-electron chi connectivity index (χ1n) is 6.36. The first kappa shape index (κ1) is 14.0. The fourth-order valence-electron chi connectivity index (χ4n) is 2.56. The van der Waals surface area contributed by atoms with E-state index < -0.39 is 23.3 Å². The third-order valence-electron chi connectivity index (χ3n) is 3.57. The van der Waals surface area contributed by atoms with Crippen molar-refractivity contribution in [2.75, 3.05) is 0 Å². The molecule has 1 aliphatic rings. The highest BCUT2D eigenvalue weighted by molar-refractivity contribution is 7.09. The van der Waals surface area contributed by atoms with E-state index in [2.05, 4.69) is 10.3 Å². The highest BCUT2D eigenvalue weighted by atomic mass is 32.1. The molecule has 0 bridgehead atoms. The molecule has 0 unspecified atom stereocenters. The minimum atomic E-state index is -0.871. The molecule has 2 rings (SSSR count). The second kappa shape index (κ2) is 5.28. The van der Waals surface area contributed by atoms with Gasteiger partial charge in [-0.3, -0.25) is 9.59 Å². The van der Waals surface area contributed by atoms with Crippen molar-refractivity contribution in [2.45, 2.75) is 38.6 Å². The Morgan fingerprint density at radius 2 is 2.11 bits per heavy atom. The fourth-order valence-corrected chi connectivity index (χ4v) is 3.27. The molecular formula is C13H18N2O3S. The Morgan fingerprint density at radius 3 is 2.68 bits per heavy atom. The zero-order valence-corrected chi connectivity index (χ0v) is 11.9. The molecule has 104 valence electrons. The number of carbonyl (C=O) groups excluding carboxylic acids is 1. The summed E-state index contributed by atoms with van der Waals surface area (Å²) < 4.78 is 0. The fraction of sp³-hybridized carbons (Fsp3) is 0.615. The maximum absolute atomic E-state index is 12.3. The maximum Gasteiger partial charge on any atom is 0.307 e. The molecule has 1 fully saturated rings. The zero-order valence-electron chi connectivity index (χ0n) is 11.0. The van der Waals surface area contributed by atoms with Crippen LogP contribution in [-0.4, -0.2) is 22.0 Å². The lowest BCUT2D eigenvalue weighted by molar-refractivity contribution is -0.146. The van der Waals surface area contributed by atoms with Gasteiger partial charge in [-0.25, -0.2) is 4.98 Å². The van der Waals surface area contributed by atoms with Crippen molar-refractivity contribution in [1.82, 2.24) is 10.3 Å². The summed E-state index contributed by atoms with van der Waals surface area (Å²) in [5.41, 5.74) is -0.559. The molecule has 1 amide bonds. The van der Waals surface area contributed by atoms with Gasteiger partial charge in [0.05, 0.1) is 17.4 Å². The van der Waals surface area contributed by atoms with Gasteiger partial charge in [0.2, 0.25) is 5.91 Å². The summed E-state index contributed by atoms with van der Waals surface area (Å²) in [6.07, 6.45) is 3.73. The van der Waals surface area contributed by atoms with E-state index in [9.17, 15) is 9.59 Å². The number of amides is 1. The van der Waals surface area contributed by atoms with Crippen LogP contribution in [0.15, 0.2) is 11.6 Å². The SMILES string of the molecule is CC(C)(NC(=O)[C@@H]1CCC[C@@H]1C(=O)O)c1nccs1. The van der Waals surface area contributed by atoms with Crippen molar-refractivity contribution in [2.24, 2.45) is 11.8 Å². The molecule has 0 radical (unpaired) electrons. The number of hydrogen-bond donors (Lipinski definition) is 2. The Hall–Kier alpha value is -1.43. The summed E-state index contributed by atoms with van der Waals surface area (Å²) in [4.78, 5) is 27.6. The molecule has 1 aliphatic carbocycles. The van der Waals surface area contributed by atoms with Crippen LogP contribution in [0.1, 0.15) is 38.1 Å². The summed E-state index contributed by atoms with van der Waals surface area (Å²) in [6, 6.07) is 0. The molecule has 0 aromatic carbocycles. The second-order valence-corrected chi connectivity index (χ2v) is 6.33. The monoisotopic (exact) mass is 282 g/mol. The summed E-state index contributed by atoms with van der Waals surface area (Å²) in [7, 11) is 0. The molecule has 2 atom stereocenters. The van der Waals surface area contributed by atoms with Gasteiger partial charge in [-0.05, 0) is 26.7 Å². The number of aromatic nitrogens is 1. The lowest BCUT2D eigenvalue weighted by Gasteiger charge is -2.26. The number of carboxylic acid groups (broad SMARTS) is 1. The van der Waals surface area contributed by atoms with E-state index in [4.69, 9.17) is 5.11 Å². The number of carbonyl (C=O) groups is 2. The van der Waals surface area contributed by atoms with Crippen LogP contribution in [0.5, 0.6) is 0 Å². The van der Waals surface area contributed by atoms with Crippen LogP contribution in [0.3, 0.4) is 0 Å². The van der Waals surface area contributed by atoms with E-state index >= 15 is 0 Å². The van der Waals surface area contributed by atoms with Crippen LogP contribution in [0.25, 0.3) is 0 Å². The van der Waals surface area contributed by atoms with E-state index in [0.717, 1.165) is 11.4 Å². The number of aliphatic carboxylic acids is 1. The number of thiazole rings is 1. The molecule has 6 heteroatoms. The summed E-state index contributed by atoms with van der Waals surface area (Å²) in [5.74, 6) is -2.02. The van der Waals surface area contributed by atoms with Gasteiger partial charge in [0.25, 0.3) is 0 Å². The van der Waals surface area contributed by atoms with E-state index in [1.807, 2.05) is 19.2 Å². The Balaban J connectivity index is 2.07. The normalized spacial score (nSPS) is 23.3. The van der Waals surface area contributed by atoms with Gasteiger partial charge in [-0.15, -0.1) is 11.3 Å². The van der Waals surface area contributed by atoms with Crippen molar-refractivity contribution in [3.8, 4) is 0 Å². The van der Waals surface area contributed by atoms with Crippen LogP contribution in [0.4, 0.5) is 0 Å². The second-order valence-electron chi connectivity index (χ2n) is 5.43. The van der Waals surface area contributed by atoms with Crippen molar-refractivity contribution in [3.05, 3.63) is 16.6 Å². The van der Waals surface area contributed by atoms with Gasteiger partial charge in [-0.2, -0.15) is 0 Å². The molecule has 0 saturated heterocycles. The predicted molar refractivity (Wildman–Crippen MR) is 71.7 cm³/mol. The highest BCUT2D eigenvalue weighted by Crippen LogP contribution is 2.33. The van der Waals surface area contributed by atoms with Crippen LogP contribution >= 0.6 is 11.3 Å². The Bertz CT molecular complexity index is 470. The molecule has 1 aromatic rings. The Kier molecular flexibility index (Phi) is 3.89. The van der Waals surface area contributed by atoms with E-state index in [-0.39, 0.29) is 5.91 Å². The molecule has 2 N–H and O–H groups in total. The van der Waals surface area contributed by atoms with E-state index in [1.54, 1.807) is 6.20 Å². The number of carboxylic acids is 1. The van der Waals surface area contributed by atoms with Crippen molar-refractivity contribution >= 4 is 23.2 Å². The zero-order chi connectivity index (χ0) is 14.0. The molecule has 5 nitrogen and oxygen atoms in total. The van der Waals surface area contributed by atoms with Gasteiger partial charge in [0, 0.05) is 11.6 Å². The molecule has 0 aliphatic heterocycles. The van der Waals surface area contributed by atoms with Crippen molar-refractivity contribution < 1.29 is 14.7 Å². The van der Waals surface area contributed by atoms with Gasteiger partial charge in [0.15, 0.2) is 0 Å². The standard InChI is InChI=1S/C13H18N2O3S/c1-13(2,12-14-6-7-19-12)15-10(16)8-4-3-5-9(8)11(17)18/h6-9H,3-5H2,1-2H3,(H,15,16)(H,17,18)/t8-,9+/m1/s1. The minimum absolute atomic E-state index is 0.176. The van der Waals surface area contributed by atoms with Gasteiger partial charge < -0.3 is 10.4 Å². The van der Waals surface area contributed by atoms with Crippen molar-refractivity contribution in [3.63, 3.8) is 0 Å². The first-order chi connectivity index (χ1) is 8.92. The third kappa shape index (κ3) is 2.94. The average molecular weight is 282 g/mol. The average Bonchev–Trinajstić information content (AvgIpc) is 3.00. The lowest BCUT2D eigenvalue weighted by atomic mass is 9.94. The van der Waals surface area contributed by atoms with Crippen LogP contribution in [0.2, 0.25) is 0 Å². The third-order valence-corrected chi connectivity index (χ3v) is 4.67. The lowest BCUT2D eigenvalue weighted by Crippen LogP contribution is -2.45. The number of rotatable bonds is 4. The Morgan fingerprint density at radius 1 is 1.42 bits per heavy atom. The van der Waals surface area contributed by atoms with Crippen LogP contribution < -0.4 is 5.32 Å². The van der Waals surface area contributed by atoms with Gasteiger partial charge in [0.1, 0.15) is 5.01 Å². The predicted octanol–water partition coefficient (Wildman–Crippen LogP) is 2.00. The first-order valence-corrected chi connectivity index (χ1v) is 7.24. The minimum Gasteiger partial charge on any atom is -0.481 e. The topological polar surface area (TPSA) is 79.3 Å². The largest absolute Gasteiger partial charge is 0.481 e. The molecular weight excluding hydrogens is 264 g/mol. The summed E-state index contributed by atoms with van der Waals surface area (Å²) >= 11 is 1.48. The molecule has 1 saturated carbocycles. The number of nitrogens with one attached hydrogen (secondary N) is 1. The molecule has 19 heavy (non-hydrogen) atoms. The molecule has 1 heterocycles. The smallest absolute Gasteiger partial charge is 0.307 e. The Labute approximate surface area is 116 Å². The van der Waals surface area contributed by atoms with E-state index in [0.29, 0.717) is 12.8 Å².